The molecule has 0 saturated carbocycles. The number of aromatic nitrogens is 1. The van der Waals surface area contributed by atoms with Gasteiger partial charge in [0.15, 0.2) is 0 Å². The second-order valence-electron chi connectivity index (χ2n) is 3.89. The molecule has 96 valence electrons. The van der Waals surface area contributed by atoms with Gasteiger partial charge < -0.3 is 10.1 Å². The van der Waals surface area contributed by atoms with E-state index in [9.17, 15) is 9.59 Å². The molecule has 0 aliphatic carbocycles. The third kappa shape index (κ3) is 2.98. The lowest BCUT2D eigenvalue weighted by Gasteiger charge is -2.12. The molecule has 1 aliphatic heterocycles. The van der Waals surface area contributed by atoms with Crippen molar-refractivity contribution in [2.24, 2.45) is 0 Å². The quantitative estimate of drug-likeness (QED) is 0.854. The van der Waals surface area contributed by atoms with Crippen molar-refractivity contribution in [2.75, 3.05) is 18.0 Å². The van der Waals surface area contributed by atoms with Crippen LogP contribution >= 0.6 is 15.9 Å². The number of carbonyl (C=O) groups excluding carboxylic acids is 2. The smallest absolute Gasteiger partial charge is 0.414 e. The summed E-state index contributed by atoms with van der Waals surface area (Å²) in [5.41, 5.74) is 0.675. The molecular weight excluding hydrogens is 302 g/mol. The molecule has 18 heavy (non-hydrogen) atoms. The molecule has 2 amide bonds. The number of carbonyl (C=O) groups is 2. The number of pyridine rings is 1. The standard InChI is InChI=1S/C11H12BrN3O3/c1-7(16)13-5-9-6-15(11(17)18-9)8-2-3-10(12)14-4-8/h2-4,9H,5-6H2,1H3,(H,13,16)/t9-/m0/s1. The fraction of sp³-hybridized carbons (Fsp3) is 0.364. The van der Waals surface area contributed by atoms with Crippen LogP contribution in [0.3, 0.4) is 0 Å². The van der Waals surface area contributed by atoms with Crippen molar-refractivity contribution in [1.82, 2.24) is 10.3 Å². The van der Waals surface area contributed by atoms with Gasteiger partial charge in [0.05, 0.1) is 25.0 Å². The third-order valence-electron chi connectivity index (χ3n) is 2.48. The Labute approximate surface area is 112 Å². The largest absolute Gasteiger partial charge is 0.442 e. The molecule has 2 rings (SSSR count). The summed E-state index contributed by atoms with van der Waals surface area (Å²) < 4.78 is 5.84. The predicted molar refractivity (Wildman–Crippen MR) is 68.2 cm³/mol. The van der Waals surface area contributed by atoms with Crippen LogP contribution in [0.1, 0.15) is 6.92 Å². The molecule has 1 fully saturated rings. The normalized spacial score (nSPS) is 18.7. The average Bonchev–Trinajstić information content (AvgIpc) is 2.69. The van der Waals surface area contributed by atoms with E-state index in [4.69, 9.17) is 4.74 Å². The van der Waals surface area contributed by atoms with E-state index in [0.29, 0.717) is 23.4 Å². The molecule has 2 heterocycles. The van der Waals surface area contributed by atoms with Crippen molar-refractivity contribution >= 4 is 33.6 Å². The number of nitrogens with one attached hydrogen (secondary N) is 1. The van der Waals surface area contributed by atoms with E-state index in [0.717, 1.165) is 0 Å². The highest BCUT2D eigenvalue weighted by Crippen LogP contribution is 2.21. The molecule has 0 spiro atoms. The summed E-state index contributed by atoms with van der Waals surface area (Å²) in [6.45, 7) is 2.15. The first kappa shape index (κ1) is 12.8. The molecule has 0 aromatic carbocycles. The Morgan fingerprint density at radius 3 is 3.06 bits per heavy atom. The molecule has 0 bridgehead atoms. The fourth-order valence-electron chi connectivity index (χ4n) is 1.62. The molecule has 1 aliphatic rings. The number of ether oxygens (including phenoxy) is 1. The highest BCUT2D eigenvalue weighted by atomic mass is 79.9. The van der Waals surface area contributed by atoms with Gasteiger partial charge in [-0.1, -0.05) is 0 Å². The number of cyclic esters (lactones) is 1. The van der Waals surface area contributed by atoms with E-state index in [1.54, 1.807) is 18.3 Å². The summed E-state index contributed by atoms with van der Waals surface area (Å²) in [5.74, 6) is -0.144. The number of hydrogen-bond donors (Lipinski definition) is 1. The maximum Gasteiger partial charge on any atom is 0.414 e. The van der Waals surface area contributed by atoms with Gasteiger partial charge in [-0.05, 0) is 28.1 Å². The topological polar surface area (TPSA) is 71.5 Å². The minimum absolute atomic E-state index is 0.144. The van der Waals surface area contributed by atoms with Crippen LogP contribution in [0.5, 0.6) is 0 Å². The third-order valence-corrected chi connectivity index (χ3v) is 2.95. The van der Waals surface area contributed by atoms with Gasteiger partial charge in [-0.2, -0.15) is 0 Å². The van der Waals surface area contributed by atoms with E-state index in [1.165, 1.54) is 11.8 Å². The molecule has 1 atom stereocenters. The summed E-state index contributed by atoms with van der Waals surface area (Å²) in [4.78, 5) is 28.0. The molecule has 7 heteroatoms. The molecule has 0 radical (unpaired) electrons. The van der Waals surface area contributed by atoms with Gasteiger partial charge in [-0.15, -0.1) is 0 Å². The Kier molecular flexibility index (Phi) is 3.81. The van der Waals surface area contributed by atoms with Crippen LogP contribution in [0.15, 0.2) is 22.9 Å². The van der Waals surface area contributed by atoms with Crippen LogP contribution in [0.2, 0.25) is 0 Å². The van der Waals surface area contributed by atoms with Gasteiger partial charge in [0, 0.05) is 6.92 Å². The van der Waals surface area contributed by atoms with Crippen molar-refractivity contribution in [1.29, 1.82) is 0 Å². The first-order chi connectivity index (χ1) is 8.56. The number of amides is 2. The Balaban J connectivity index is 2.00. The number of hydrogen-bond acceptors (Lipinski definition) is 4. The Morgan fingerprint density at radius 1 is 1.67 bits per heavy atom. The number of rotatable bonds is 3. The van der Waals surface area contributed by atoms with Crippen LogP contribution in [0, 0.1) is 0 Å². The van der Waals surface area contributed by atoms with Gasteiger partial charge in [0.25, 0.3) is 0 Å². The van der Waals surface area contributed by atoms with Gasteiger partial charge in [0.1, 0.15) is 10.7 Å². The molecule has 1 saturated heterocycles. The van der Waals surface area contributed by atoms with E-state index in [-0.39, 0.29) is 12.0 Å². The zero-order valence-corrected chi connectivity index (χ0v) is 11.3. The second kappa shape index (κ2) is 5.34. The van der Waals surface area contributed by atoms with Crippen LogP contribution in [0.4, 0.5) is 10.5 Å². The summed E-state index contributed by atoms with van der Waals surface area (Å²) >= 11 is 3.23. The summed E-state index contributed by atoms with van der Waals surface area (Å²) in [5, 5.41) is 2.62. The lowest BCUT2D eigenvalue weighted by Crippen LogP contribution is -2.33. The highest BCUT2D eigenvalue weighted by molar-refractivity contribution is 9.10. The summed E-state index contributed by atoms with van der Waals surface area (Å²) in [6, 6.07) is 3.53. The van der Waals surface area contributed by atoms with E-state index >= 15 is 0 Å². The van der Waals surface area contributed by atoms with Crippen molar-refractivity contribution < 1.29 is 14.3 Å². The number of anilines is 1. The highest BCUT2D eigenvalue weighted by Gasteiger charge is 2.32. The average molecular weight is 314 g/mol. The SMILES string of the molecule is CC(=O)NC[C@H]1CN(c2ccc(Br)nc2)C(=O)O1. The zero-order valence-electron chi connectivity index (χ0n) is 9.72. The second-order valence-corrected chi connectivity index (χ2v) is 4.71. The minimum Gasteiger partial charge on any atom is -0.442 e. The maximum atomic E-state index is 11.7. The number of nitrogens with zero attached hydrogens (tertiary/aromatic N) is 2. The van der Waals surface area contributed by atoms with E-state index in [1.807, 2.05) is 0 Å². The van der Waals surface area contributed by atoms with Gasteiger partial charge in [-0.25, -0.2) is 9.78 Å². The van der Waals surface area contributed by atoms with Crippen LogP contribution < -0.4 is 10.2 Å². The van der Waals surface area contributed by atoms with Crippen molar-refractivity contribution in [2.45, 2.75) is 13.0 Å². The van der Waals surface area contributed by atoms with Crippen molar-refractivity contribution in [3.8, 4) is 0 Å². The van der Waals surface area contributed by atoms with E-state index in [2.05, 4.69) is 26.2 Å². The number of halogens is 1. The molecule has 1 aromatic rings. The van der Waals surface area contributed by atoms with Gasteiger partial charge >= 0.3 is 6.09 Å². The minimum atomic E-state index is -0.422. The summed E-state index contributed by atoms with van der Waals surface area (Å²) in [6.07, 6.45) is 0.839. The lowest BCUT2D eigenvalue weighted by atomic mass is 10.3. The molecule has 6 nitrogen and oxygen atoms in total. The van der Waals surface area contributed by atoms with E-state index < -0.39 is 6.09 Å². The monoisotopic (exact) mass is 313 g/mol. The predicted octanol–water partition coefficient (Wildman–Crippen LogP) is 1.31. The first-order valence-electron chi connectivity index (χ1n) is 5.40. The Bertz CT molecular complexity index is 463. The fourth-order valence-corrected chi connectivity index (χ4v) is 1.86. The van der Waals surface area contributed by atoms with Gasteiger partial charge in [-0.3, -0.25) is 9.69 Å². The van der Waals surface area contributed by atoms with Gasteiger partial charge in [0.2, 0.25) is 5.91 Å². The summed E-state index contributed by atoms with van der Waals surface area (Å²) in [7, 11) is 0. The van der Waals surface area contributed by atoms with Crippen molar-refractivity contribution in [3.63, 3.8) is 0 Å². The molecule has 0 unspecified atom stereocenters. The van der Waals surface area contributed by atoms with Crippen molar-refractivity contribution in [3.05, 3.63) is 22.9 Å². The Morgan fingerprint density at radius 2 is 2.44 bits per heavy atom. The molecule has 1 aromatic heterocycles. The maximum absolute atomic E-state index is 11.7. The Hall–Kier alpha value is -1.63. The van der Waals surface area contributed by atoms with Crippen LogP contribution in [0.25, 0.3) is 0 Å². The first-order valence-corrected chi connectivity index (χ1v) is 6.19. The molecular formula is C11H12BrN3O3. The van der Waals surface area contributed by atoms with Crippen LogP contribution in [-0.2, 0) is 9.53 Å². The van der Waals surface area contributed by atoms with Crippen LogP contribution in [-0.4, -0.2) is 36.2 Å². The zero-order chi connectivity index (χ0) is 13.1. The lowest BCUT2D eigenvalue weighted by molar-refractivity contribution is -0.119. The molecule has 1 N–H and O–H groups in total.